The van der Waals surface area contributed by atoms with Crippen LogP contribution in [0.5, 0.6) is 0 Å². The summed E-state index contributed by atoms with van der Waals surface area (Å²) in [7, 11) is 0.690. The average Bonchev–Trinajstić information content (AvgIpc) is 3.18. The fourth-order valence-corrected chi connectivity index (χ4v) is 5.62. The van der Waals surface area contributed by atoms with Crippen LogP contribution in [0.2, 0.25) is 0 Å². The van der Waals surface area contributed by atoms with E-state index in [1.165, 1.54) is 11.3 Å². The molecule has 0 unspecified atom stereocenters. The fourth-order valence-electron chi connectivity index (χ4n) is 3.07. The Morgan fingerprint density at radius 2 is 1.78 bits per heavy atom. The molecule has 3 aromatic rings. The van der Waals surface area contributed by atoms with Gasteiger partial charge in [-0.2, -0.15) is 0 Å². The van der Waals surface area contributed by atoms with E-state index in [0.717, 1.165) is 20.7 Å². The van der Waals surface area contributed by atoms with Gasteiger partial charge in [-0.1, -0.05) is 36.5 Å². The Kier molecular flexibility index (Phi) is 9.53. The Morgan fingerprint density at radius 1 is 1.09 bits per heavy atom. The third kappa shape index (κ3) is 6.23. The monoisotopic (exact) mass is 513 g/mol. The van der Waals surface area contributed by atoms with Crippen LogP contribution < -0.4 is 4.90 Å². The summed E-state index contributed by atoms with van der Waals surface area (Å²) in [4.78, 5) is 23.2. The topological polar surface area (TPSA) is 70.6 Å². The van der Waals surface area contributed by atoms with Gasteiger partial charge in [0.15, 0.2) is 15.0 Å². The number of amides is 1. The van der Waals surface area contributed by atoms with Crippen molar-refractivity contribution in [2.45, 2.75) is 23.1 Å². The number of para-hydroxylation sites is 1. The molecule has 0 radical (unpaired) electrons. The number of sulfone groups is 1. The number of benzene rings is 2. The Morgan fingerprint density at radius 3 is 2.38 bits per heavy atom. The van der Waals surface area contributed by atoms with E-state index in [2.05, 4.69) is 0 Å². The lowest BCUT2D eigenvalue weighted by Crippen LogP contribution is -2.37. The largest absolute Gasteiger partial charge is 0.308 e. The molecule has 0 fully saturated rings. The number of rotatable bonds is 9. The Balaban J connectivity index is 0.00000363. The molecule has 0 atom stereocenters. The second-order valence-corrected chi connectivity index (χ2v) is 11.5. The van der Waals surface area contributed by atoms with Crippen LogP contribution in [-0.2, 0) is 21.1 Å². The fraction of sp³-hybridized carbons (Fsp3) is 0.364. The highest BCUT2D eigenvalue weighted by molar-refractivity contribution is 7.98. The van der Waals surface area contributed by atoms with Gasteiger partial charge in [-0.25, -0.2) is 13.4 Å². The standard InChI is InChI=1S/C22H27N3O3S3.ClH/c1-5-31(27,28)17-11-9-16(10-12-17)15-20(26)25(14-13-24(2)3)22-23-21-18(29-4)7-6-8-19(21)30-22;/h6-12H,5,13-15H2,1-4H3;1H. The zero-order valence-electron chi connectivity index (χ0n) is 18.6. The maximum atomic E-state index is 13.2. The van der Waals surface area contributed by atoms with Crippen molar-refractivity contribution in [1.29, 1.82) is 0 Å². The van der Waals surface area contributed by atoms with Crippen molar-refractivity contribution < 1.29 is 13.2 Å². The van der Waals surface area contributed by atoms with E-state index < -0.39 is 9.84 Å². The van der Waals surface area contributed by atoms with E-state index in [-0.39, 0.29) is 35.4 Å². The molecule has 6 nitrogen and oxygen atoms in total. The molecule has 3 rings (SSSR count). The molecule has 0 aliphatic heterocycles. The molecular weight excluding hydrogens is 486 g/mol. The molecule has 32 heavy (non-hydrogen) atoms. The minimum absolute atomic E-state index is 0. The van der Waals surface area contributed by atoms with Gasteiger partial charge in [-0.05, 0) is 50.2 Å². The maximum Gasteiger partial charge on any atom is 0.233 e. The van der Waals surface area contributed by atoms with Gasteiger partial charge in [0.2, 0.25) is 5.91 Å². The number of likely N-dealkylation sites (N-methyl/N-ethyl adjacent to an activating group) is 1. The molecule has 2 aromatic carbocycles. The number of carbonyl (C=O) groups excluding carboxylic acids is 1. The van der Waals surface area contributed by atoms with Gasteiger partial charge in [0.05, 0.1) is 27.3 Å². The number of carbonyl (C=O) groups is 1. The van der Waals surface area contributed by atoms with Crippen LogP contribution in [0.1, 0.15) is 12.5 Å². The third-order valence-corrected chi connectivity index (χ3v) is 8.47. The number of aromatic nitrogens is 1. The lowest BCUT2D eigenvalue weighted by molar-refractivity contribution is -0.118. The van der Waals surface area contributed by atoms with Gasteiger partial charge >= 0.3 is 0 Å². The summed E-state index contributed by atoms with van der Waals surface area (Å²) in [5.41, 5.74) is 1.70. The summed E-state index contributed by atoms with van der Waals surface area (Å²) in [5.74, 6) is -0.00289. The van der Waals surface area contributed by atoms with Crippen molar-refractivity contribution in [2.24, 2.45) is 0 Å². The smallest absolute Gasteiger partial charge is 0.233 e. The third-order valence-electron chi connectivity index (χ3n) is 4.91. The normalized spacial score (nSPS) is 11.5. The molecule has 0 aliphatic rings. The number of thiazole rings is 1. The quantitative estimate of drug-likeness (QED) is 0.396. The van der Waals surface area contributed by atoms with Gasteiger partial charge in [0.25, 0.3) is 0 Å². The number of hydrogen-bond acceptors (Lipinski definition) is 7. The summed E-state index contributed by atoms with van der Waals surface area (Å²) in [5, 5.41) is 0.688. The van der Waals surface area contributed by atoms with Crippen molar-refractivity contribution >= 4 is 66.6 Å². The molecule has 10 heteroatoms. The summed E-state index contributed by atoms with van der Waals surface area (Å²) in [6, 6.07) is 12.7. The minimum Gasteiger partial charge on any atom is -0.308 e. The van der Waals surface area contributed by atoms with Gasteiger partial charge < -0.3 is 4.90 Å². The van der Waals surface area contributed by atoms with Crippen LogP contribution in [0.4, 0.5) is 5.13 Å². The highest BCUT2D eigenvalue weighted by Gasteiger charge is 2.21. The van der Waals surface area contributed by atoms with E-state index in [4.69, 9.17) is 4.98 Å². The number of hydrogen-bond donors (Lipinski definition) is 0. The van der Waals surface area contributed by atoms with Crippen LogP contribution in [0.25, 0.3) is 10.2 Å². The van der Waals surface area contributed by atoms with E-state index in [0.29, 0.717) is 18.2 Å². The zero-order chi connectivity index (χ0) is 22.6. The molecule has 0 N–H and O–H groups in total. The van der Waals surface area contributed by atoms with Crippen LogP contribution in [0, 0.1) is 0 Å². The molecule has 0 spiro atoms. The first-order valence-corrected chi connectivity index (χ1v) is 13.6. The van der Waals surface area contributed by atoms with Crippen LogP contribution in [0.3, 0.4) is 0 Å². The number of fused-ring (bicyclic) bond motifs is 1. The van der Waals surface area contributed by atoms with Crippen molar-refractivity contribution in [3.63, 3.8) is 0 Å². The Labute approximate surface area is 204 Å². The van der Waals surface area contributed by atoms with Crippen molar-refractivity contribution in [3.05, 3.63) is 48.0 Å². The second kappa shape index (κ2) is 11.5. The highest BCUT2D eigenvalue weighted by Crippen LogP contribution is 2.34. The number of thioether (sulfide) groups is 1. The highest BCUT2D eigenvalue weighted by atomic mass is 35.5. The SMILES string of the molecule is CCS(=O)(=O)c1ccc(CC(=O)N(CCN(C)C)c2nc3c(SC)cccc3s2)cc1.Cl. The lowest BCUT2D eigenvalue weighted by atomic mass is 10.1. The Hall–Kier alpha value is -1.65. The molecule has 1 heterocycles. The number of anilines is 1. The molecule has 0 aliphatic carbocycles. The molecule has 1 amide bonds. The van der Waals surface area contributed by atoms with Crippen molar-refractivity contribution in [2.75, 3.05) is 44.1 Å². The predicted molar refractivity (Wildman–Crippen MR) is 137 cm³/mol. The van der Waals surface area contributed by atoms with Gasteiger partial charge in [-0.3, -0.25) is 9.69 Å². The van der Waals surface area contributed by atoms with E-state index >= 15 is 0 Å². The van der Waals surface area contributed by atoms with Crippen LogP contribution in [0.15, 0.2) is 52.3 Å². The average molecular weight is 514 g/mol. The molecular formula is C22H28ClN3O3S3. The van der Waals surface area contributed by atoms with Crippen LogP contribution in [-0.4, -0.2) is 63.4 Å². The van der Waals surface area contributed by atoms with Gasteiger partial charge in [0, 0.05) is 18.0 Å². The predicted octanol–water partition coefficient (Wildman–Crippen LogP) is 4.37. The van der Waals surface area contributed by atoms with Crippen molar-refractivity contribution in [1.82, 2.24) is 9.88 Å². The molecule has 1 aromatic heterocycles. The first-order chi connectivity index (χ1) is 14.7. The van der Waals surface area contributed by atoms with Crippen LogP contribution >= 0.6 is 35.5 Å². The first-order valence-electron chi connectivity index (χ1n) is 9.95. The molecule has 0 bridgehead atoms. The lowest BCUT2D eigenvalue weighted by Gasteiger charge is -2.22. The first kappa shape index (κ1) is 26.6. The summed E-state index contributed by atoms with van der Waals surface area (Å²) in [6.07, 6.45) is 2.20. The van der Waals surface area contributed by atoms with Gasteiger partial charge in [0.1, 0.15) is 0 Å². The Bertz CT molecular complexity index is 1160. The maximum absolute atomic E-state index is 13.2. The summed E-state index contributed by atoms with van der Waals surface area (Å²) < 4.78 is 25.1. The van der Waals surface area contributed by atoms with E-state index in [9.17, 15) is 13.2 Å². The summed E-state index contributed by atoms with van der Waals surface area (Å²) in [6.45, 7) is 2.86. The van der Waals surface area contributed by atoms with E-state index in [1.807, 2.05) is 43.5 Å². The second-order valence-electron chi connectivity index (χ2n) is 7.38. The number of halogens is 1. The van der Waals surface area contributed by atoms with E-state index in [1.54, 1.807) is 47.9 Å². The molecule has 0 saturated carbocycles. The zero-order valence-corrected chi connectivity index (χ0v) is 21.8. The minimum atomic E-state index is -3.25. The number of nitrogens with zero attached hydrogens (tertiary/aromatic N) is 3. The summed E-state index contributed by atoms with van der Waals surface area (Å²) >= 11 is 3.16. The van der Waals surface area contributed by atoms with Gasteiger partial charge in [-0.15, -0.1) is 24.2 Å². The van der Waals surface area contributed by atoms with Crippen molar-refractivity contribution in [3.8, 4) is 0 Å². The molecule has 0 saturated heterocycles. The molecule has 174 valence electrons.